The van der Waals surface area contributed by atoms with E-state index in [1.54, 1.807) is 79.9 Å². The molecule has 1 saturated heterocycles. The Labute approximate surface area is 190 Å². The van der Waals surface area contributed by atoms with E-state index in [4.69, 9.17) is 14.7 Å². The summed E-state index contributed by atoms with van der Waals surface area (Å²) in [7, 11) is 3.07. The number of carbonyl (C=O) groups is 2. The van der Waals surface area contributed by atoms with E-state index >= 15 is 0 Å². The third kappa shape index (κ3) is 3.90. The van der Waals surface area contributed by atoms with Crippen LogP contribution in [0.5, 0.6) is 11.5 Å². The number of ketones is 1. The summed E-state index contributed by atoms with van der Waals surface area (Å²) in [6, 6.07) is 21.0. The number of Topliss-reactive ketones (excluding diaryl/α,β-unsaturated/α-hetero) is 1. The molecule has 0 radical (unpaired) electrons. The van der Waals surface area contributed by atoms with Gasteiger partial charge in [0.1, 0.15) is 17.3 Å². The van der Waals surface area contributed by atoms with E-state index in [0.29, 0.717) is 33.9 Å². The number of hydrogen-bond donors (Lipinski definition) is 1. The third-order valence-electron chi connectivity index (χ3n) is 5.51. The first kappa shape index (κ1) is 21.7. The Morgan fingerprint density at radius 1 is 0.879 bits per heavy atom. The van der Waals surface area contributed by atoms with Gasteiger partial charge in [0.15, 0.2) is 0 Å². The van der Waals surface area contributed by atoms with E-state index in [1.807, 2.05) is 6.07 Å². The summed E-state index contributed by atoms with van der Waals surface area (Å²) in [4.78, 5) is 27.6. The molecule has 1 heterocycles. The van der Waals surface area contributed by atoms with Crippen LogP contribution in [0, 0.1) is 11.3 Å². The standard InChI is InChI=1S/C26H20N2O5/c1-32-20-11-5-17(6-12-20)23-22(24(29)18-7-13-21(33-2)14-8-18)25(30)26(31)28(23)19-9-3-16(15-27)4-10-19/h3-14,23,29H,1-2H3/b24-22+. The zero-order chi connectivity index (χ0) is 23.5. The van der Waals surface area contributed by atoms with Gasteiger partial charge in [0.25, 0.3) is 11.7 Å². The smallest absolute Gasteiger partial charge is 0.300 e. The van der Waals surface area contributed by atoms with E-state index in [2.05, 4.69) is 0 Å². The zero-order valence-electron chi connectivity index (χ0n) is 18.0. The molecular formula is C26H20N2O5. The SMILES string of the molecule is COc1ccc(/C(O)=C2\C(=O)C(=O)N(c3ccc(C#N)cc3)C2c2ccc(OC)cc2)cc1. The molecule has 33 heavy (non-hydrogen) atoms. The van der Waals surface area contributed by atoms with Crippen LogP contribution >= 0.6 is 0 Å². The van der Waals surface area contributed by atoms with Gasteiger partial charge in [-0.15, -0.1) is 0 Å². The van der Waals surface area contributed by atoms with Crippen LogP contribution in [0.2, 0.25) is 0 Å². The van der Waals surface area contributed by atoms with Gasteiger partial charge in [-0.1, -0.05) is 12.1 Å². The molecule has 0 aliphatic carbocycles. The Bertz CT molecular complexity index is 1270. The van der Waals surface area contributed by atoms with Crippen LogP contribution in [-0.4, -0.2) is 31.0 Å². The number of carbonyl (C=O) groups excluding carboxylic acids is 2. The molecule has 1 atom stereocenters. The minimum atomic E-state index is -0.869. The van der Waals surface area contributed by atoms with Gasteiger partial charge in [-0.25, -0.2) is 0 Å². The van der Waals surface area contributed by atoms with Gasteiger partial charge in [0.2, 0.25) is 0 Å². The number of nitrogens with zero attached hydrogens (tertiary/aromatic N) is 2. The molecule has 4 rings (SSSR count). The average Bonchev–Trinajstić information content (AvgIpc) is 3.14. The van der Waals surface area contributed by atoms with E-state index in [0.717, 1.165) is 0 Å². The van der Waals surface area contributed by atoms with Crippen molar-refractivity contribution in [2.75, 3.05) is 19.1 Å². The number of anilines is 1. The molecule has 1 unspecified atom stereocenters. The van der Waals surface area contributed by atoms with Crippen molar-refractivity contribution in [3.05, 3.63) is 95.1 Å². The molecule has 1 aliphatic heterocycles. The average molecular weight is 440 g/mol. The van der Waals surface area contributed by atoms with Crippen LogP contribution < -0.4 is 14.4 Å². The lowest BCUT2D eigenvalue weighted by atomic mass is 9.95. The van der Waals surface area contributed by atoms with E-state index < -0.39 is 17.7 Å². The summed E-state index contributed by atoms with van der Waals surface area (Å²) in [5, 5.41) is 20.2. The van der Waals surface area contributed by atoms with Crippen molar-refractivity contribution in [3.63, 3.8) is 0 Å². The molecule has 1 fully saturated rings. The van der Waals surface area contributed by atoms with Crippen molar-refractivity contribution >= 4 is 23.1 Å². The summed E-state index contributed by atoms with van der Waals surface area (Å²) in [6.07, 6.45) is 0. The third-order valence-corrected chi connectivity index (χ3v) is 5.51. The quantitative estimate of drug-likeness (QED) is 0.363. The fraction of sp³-hybridized carbons (Fsp3) is 0.115. The Kier molecular flexibility index (Phi) is 5.83. The second-order valence-electron chi connectivity index (χ2n) is 7.33. The number of ether oxygens (including phenoxy) is 2. The summed E-state index contributed by atoms with van der Waals surface area (Å²) in [5.41, 5.74) is 1.83. The Morgan fingerprint density at radius 3 is 1.94 bits per heavy atom. The van der Waals surface area contributed by atoms with Crippen molar-refractivity contribution in [3.8, 4) is 17.6 Å². The molecule has 0 spiro atoms. The number of aliphatic hydroxyl groups excluding tert-OH is 1. The number of benzene rings is 3. The lowest BCUT2D eigenvalue weighted by Gasteiger charge is -2.25. The maximum absolute atomic E-state index is 13.1. The number of rotatable bonds is 5. The van der Waals surface area contributed by atoms with Crippen LogP contribution in [0.1, 0.15) is 22.7 Å². The Balaban J connectivity index is 1.90. The summed E-state index contributed by atoms with van der Waals surface area (Å²) in [5.74, 6) is -0.641. The van der Waals surface area contributed by atoms with Crippen molar-refractivity contribution < 1.29 is 24.2 Å². The Morgan fingerprint density at radius 2 is 1.42 bits per heavy atom. The first-order valence-electron chi connectivity index (χ1n) is 10.1. The van der Waals surface area contributed by atoms with Gasteiger partial charge in [-0.2, -0.15) is 5.26 Å². The second-order valence-corrected chi connectivity index (χ2v) is 7.33. The van der Waals surface area contributed by atoms with Crippen LogP contribution in [-0.2, 0) is 9.59 Å². The van der Waals surface area contributed by atoms with Crippen LogP contribution in [0.3, 0.4) is 0 Å². The molecule has 1 amide bonds. The second kappa shape index (κ2) is 8.89. The number of hydrogen-bond acceptors (Lipinski definition) is 6. The summed E-state index contributed by atoms with van der Waals surface area (Å²) >= 11 is 0. The van der Waals surface area contributed by atoms with Crippen molar-refractivity contribution in [2.24, 2.45) is 0 Å². The monoisotopic (exact) mass is 440 g/mol. The predicted molar refractivity (Wildman–Crippen MR) is 122 cm³/mol. The van der Waals surface area contributed by atoms with Gasteiger partial charge in [-0.05, 0) is 66.2 Å². The number of methoxy groups -OCH3 is 2. The Hall–Kier alpha value is -4.57. The van der Waals surface area contributed by atoms with Crippen molar-refractivity contribution in [1.29, 1.82) is 5.26 Å². The number of amides is 1. The van der Waals surface area contributed by atoms with Gasteiger partial charge in [0.05, 0.1) is 37.5 Å². The number of aliphatic hydroxyl groups is 1. The molecule has 7 nitrogen and oxygen atoms in total. The highest BCUT2D eigenvalue weighted by Crippen LogP contribution is 2.42. The van der Waals surface area contributed by atoms with Crippen LogP contribution in [0.15, 0.2) is 78.4 Å². The summed E-state index contributed by atoms with van der Waals surface area (Å²) < 4.78 is 10.4. The minimum Gasteiger partial charge on any atom is -0.507 e. The molecule has 164 valence electrons. The molecular weight excluding hydrogens is 420 g/mol. The van der Waals surface area contributed by atoms with Crippen molar-refractivity contribution in [2.45, 2.75) is 6.04 Å². The highest BCUT2D eigenvalue weighted by Gasteiger charge is 2.46. The predicted octanol–water partition coefficient (Wildman–Crippen LogP) is 4.20. The topological polar surface area (TPSA) is 99.9 Å². The van der Waals surface area contributed by atoms with Crippen LogP contribution in [0.25, 0.3) is 5.76 Å². The first-order valence-corrected chi connectivity index (χ1v) is 10.1. The molecule has 1 aliphatic rings. The molecule has 3 aromatic rings. The number of nitriles is 1. The molecule has 0 saturated carbocycles. The molecule has 1 N–H and O–H groups in total. The molecule has 3 aromatic carbocycles. The molecule has 7 heteroatoms. The van der Waals surface area contributed by atoms with Gasteiger partial charge in [-0.3, -0.25) is 14.5 Å². The fourth-order valence-corrected chi connectivity index (χ4v) is 3.80. The van der Waals surface area contributed by atoms with E-state index in [-0.39, 0.29) is 11.3 Å². The maximum Gasteiger partial charge on any atom is 0.300 e. The zero-order valence-corrected chi connectivity index (χ0v) is 18.0. The highest BCUT2D eigenvalue weighted by molar-refractivity contribution is 6.51. The van der Waals surface area contributed by atoms with Gasteiger partial charge >= 0.3 is 0 Å². The molecule has 0 aromatic heterocycles. The van der Waals surface area contributed by atoms with Gasteiger partial charge in [0, 0.05) is 11.3 Å². The lowest BCUT2D eigenvalue weighted by molar-refractivity contribution is -0.132. The largest absolute Gasteiger partial charge is 0.507 e. The maximum atomic E-state index is 13.1. The molecule has 0 bridgehead atoms. The van der Waals surface area contributed by atoms with Crippen molar-refractivity contribution in [1.82, 2.24) is 0 Å². The first-order chi connectivity index (χ1) is 16.0. The van der Waals surface area contributed by atoms with Crippen LogP contribution in [0.4, 0.5) is 5.69 Å². The van der Waals surface area contributed by atoms with E-state index in [1.165, 1.54) is 12.0 Å². The highest BCUT2D eigenvalue weighted by atomic mass is 16.5. The van der Waals surface area contributed by atoms with Gasteiger partial charge < -0.3 is 14.6 Å². The normalized spacial score (nSPS) is 17.0. The fourth-order valence-electron chi connectivity index (χ4n) is 3.80. The minimum absolute atomic E-state index is 0.0281. The summed E-state index contributed by atoms with van der Waals surface area (Å²) in [6.45, 7) is 0. The van der Waals surface area contributed by atoms with E-state index in [9.17, 15) is 14.7 Å². The lowest BCUT2D eigenvalue weighted by Crippen LogP contribution is -2.29.